The minimum absolute atomic E-state index is 0.303. The lowest BCUT2D eigenvalue weighted by atomic mass is 10.1. The van der Waals surface area contributed by atoms with Gasteiger partial charge in [-0.3, -0.25) is 14.5 Å². The molecule has 0 aromatic heterocycles. The van der Waals surface area contributed by atoms with Gasteiger partial charge in [0, 0.05) is 0 Å². The Morgan fingerprint density at radius 1 is 1.12 bits per heavy atom. The lowest BCUT2D eigenvalue weighted by molar-refractivity contribution is -0.150. The molecule has 1 aromatic carbocycles. The molecule has 0 spiro atoms. The number of hydrogen-bond acceptors (Lipinski definition) is 4. The topological polar surface area (TPSA) is 77.8 Å². The predicted molar refractivity (Wildman–Crippen MR) is 54.7 cm³/mol. The third-order valence-electron chi connectivity index (χ3n) is 2.34. The van der Waals surface area contributed by atoms with Crippen molar-refractivity contribution in [3.05, 3.63) is 35.4 Å². The van der Waals surface area contributed by atoms with E-state index in [0.717, 1.165) is 11.8 Å². The van der Waals surface area contributed by atoms with E-state index in [0.29, 0.717) is 11.1 Å². The summed E-state index contributed by atoms with van der Waals surface area (Å²) < 4.78 is 0. The predicted octanol–water partition coefficient (Wildman–Crippen LogP) is -0.0166. The maximum Gasteiger partial charge on any atom is 0.261 e. The number of imide groups is 1. The van der Waals surface area contributed by atoms with Crippen LogP contribution in [0, 0.1) is 0 Å². The Kier molecular flexibility index (Phi) is 2.29. The second-order valence-electron chi connectivity index (χ2n) is 3.96. The molecule has 0 saturated heterocycles. The molecule has 0 aliphatic carbocycles. The molecule has 2 amide bonds. The minimum atomic E-state index is -2.08. The van der Waals surface area contributed by atoms with Crippen LogP contribution in [0.1, 0.15) is 27.6 Å². The number of rotatable bonds is 2. The maximum absolute atomic E-state index is 11.8. The van der Waals surface area contributed by atoms with E-state index in [2.05, 4.69) is 0 Å². The molecular formula is C11H11NO4. The van der Waals surface area contributed by atoms with Gasteiger partial charge in [0.1, 0.15) is 0 Å². The van der Waals surface area contributed by atoms with Gasteiger partial charge in [0.25, 0.3) is 11.8 Å². The zero-order chi connectivity index (χ0) is 11.9. The third kappa shape index (κ3) is 1.70. The number of aliphatic hydroxyl groups is 2. The molecule has 16 heavy (non-hydrogen) atoms. The molecule has 0 unspecified atom stereocenters. The summed E-state index contributed by atoms with van der Waals surface area (Å²) in [6, 6.07) is 6.40. The van der Waals surface area contributed by atoms with Crippen molar-refractivity contribution in [1.82, 2.24) is 4.90 Å². The van der Waals surface area contributed by atoms with Crippen LogP contribution in [-0.4, -0.2) is 39.3 Å². The molecule has 1 aliphatic heterocycles. The Morgan fingerprint density at radius 2 is 1.56 bits per heavy atom. The van der Waals surface area contributed by atoms with Gasteiger partial charge in [-0.15, -0.1) is 0 Å². The van der Waals surface area contributed by atoms with E-state index in [4.69, 9.17) is 0 Å². The molecule has 0 saturated carbocycles. The van der Waals surface area contributed by atoms with Gasteiger partial charge in [0.2, 0.25) is 0 Å². The number of benzene rings is 1. The fourth-order valence-electron chi connectivity index (χ4n) is 1.68. The Balaban J connectivity index is 2.36. The summed E-state index contributed by atoms with van der Waals surface area (Å²) >= 11 is 0. The normalized spacial score (nSPS) is 15.6. The lowest BCUT2D eigenvalue weighted by Gasteiger charge is -2.22. The van der Waals surface area contributed by atoms with E-state index in [1.807, 2.05) is 0 Å². The molecule has 0 fully saturated rings. The first kappa shape index (κ1) is 10.8. The van der Waals surface area contributed by atoms with Crippen LogP contribution in [0.4, 0.5) is 0 Å². The molecular weight excluding hydrogens is 210 g/mol. The first-order valence-electron chi connectivity index (χ1n) is 4.80. The van der Waals surface area contributed by atoms with E-state index >= 15 is 0 Å². The number of carbonyl (C=O) groups is 2. The average Bonchev–Trinajstić information content (AvgIpc) is 2.43. The van der Waals surface area contributed by atoms with Gasteiger partial charge in [0.05, 0.1) is 17.7 Å². The minimum Gasteiger partial charge on any atom is -0.364 e. The van der Waals surface area contributed by atoms with E-state index in [9.17, 15) is 19.8 Å². The third-order valence-corrected chi connectivity index (χ3v) is 2.34. The smallest absolute Gasteiger partial charge is 0.261 e. The number of fused-ring (bicyclic) bond motifs is 1. The van der Waals surface area contributed by atoms with Gasteiger partial charge in [-0.2, -0.15) is 0 Å². The van der Waals surface area contributed by atoms with Crippen molar-refractivity contribution in [2.75, 3.05) is 6.54 Å². The van der Waals surface area contributed by atoms with Crippen molar-refractivity contribution in [2.45, 2.75) is 12.7 Å². The second kappa shape index (κ2) is 3.40. The van der Waals surface area contributed by atoms with E-state index in [-0.39, 0.29) is 0 Å². The van der Waals surface area contributed by atoms with Gasteiger partial charge in [0.15, 0.2) is 5.79 Å². The molecule has 2 rings (SSSR count). The number of carbonyl (C=O) groups excluding carboxylic acids is 2. The highest BCUT2D eigenvalue weighted by atomic mass is 16.5. The van der Waals surface area contributed by atoms with Crippen molar-refractivity contribution in [3.63, 3.8) is 0 Å². The number of nitrogens with zero attached hydrogens (tertiary/aromatic N) is 1. The summed E-state index contributed by atoms with van der Waals surface area (Å²) in [4.78, 5) is 24.4. The maximum atomic E-state index is 11.8. The molecule has 84 valence electrons. The largest absolute Gasteiger partial charge is 0.364 e. The molecule has 2 N–H and O–H groups in total. The van der Waals surface area contributed by atoms with Crippen LogP contribution < -0.4 is 0 Å². The van der Waals surface area contributed by atoms with Crippen LogP contribution in [0.3, 0.4) is 0 Å². The summed E-state index contributed by atoms with van der Waals surface area (Å²) in [5, 5.41) is 18.4. The van der Waals surface area contributed by atoms with E-state index in [1.54, 1.807) is 24.3 Å². The van der Waals surface area contributed by atoms with Crippen LogP contribution in [0.5, 0.6) is 0 Å². The van der Waals surface area contributed by atoms with Gasteiger partial charge < -0.3 is 10.2 Å². The molecule has 5 nitrogen and oxygen atoms in total. The summed E-state index contributed by atoms with van der Waals surface area (Å²) in [5.74, 6) is -3.06. The Hall–Kier alpha value is -1.72. The van der Waals surface area contributed by atoms with Crippen molar-refractivity contribution < 1.29 is 19.8 Å². The second-order valence-corrected chi connectivity index (χ2v) is 3.96. The fourth-order valence-corrected chi connectivity index (χ4v) is 1.68. The van der Waals surface area contributed by atoms with Crippen LogP contribution >= 0.6 is 0 Å². The van der Waals surface area contributed by atoms with Crippen molar-refractivity contribution >= 4 is 11.8 Å². The van der Waals surface area contributed by atoms with Crippen molar-refractivity contribution in [1.29, 1.82) is 0 Å². The van der Waals surface area contributed by atoms with Gasteiger partial charge >= 0.3 is 0 Å². The van der Waals surface area contributed by atoms with E-state index < -0.39 is 24.1 Å². The van der Waals surface area contributed by atoms with E-state index in [1.165, 1.54) is 0 Å². The fraction of sp³-hybridized carbons (Fsp3) is 0.273. The summed E-state index contributed by atoms with van der Waals surface area (Å²) in [7, 11) is 0. The van der Waals surface area contributed by atoms with Crippen LogP contribution in [0.15, 0.2) is 24.3 Å². The van der Waals surface area contributed by atoms with Crippen LogP contribution in [0.2, 0.25) is 0 Å². The molecule has 0 atom stereocenters. The molecule has 0 radical (unpaired) electrons. The first-order chi connectivity index (χ1) is 7.40. The SMILES string of the molecule is CC(O)(O)CN1C(=O)c2ccccc2C1=O. The number of hydrogen-bond donors (Lipinski definition) is 2. The molecule has 5 heteroatoms. The van der Waals surface area contributed by atoms with Gasteiger partial charge in [-0.25, -0.2) is 0 Å². The van der Waals surface area contributed by atoms with Crippen molar-refractivity contribution in [3.8, 4) is 0 Å². The van der Waals surface area contributed by atoms with Gasteiger partial charge in [-0.1, -0.05) is 12.1 Å². The summed E-state index contributed by atoms with van der Waals surface area (Å²) in [5.41, 5.74) is 0.605. The Bertz CT molecular complexity index is 426. The molecule has 1 aromatic rings. The molecule has 1 heterocycles. The highest BCUT2D eigenvalue weighted by Gasteiger charge is 2.38. The van der Waals surface area contributed by atoms with Crippen LogP contribution in [0.25, 0.3) is 0 Å². The van der Waals surface area contributed by atoms with Gasteiger partial charge in [-0.05, 0) is 19.1 Å². The molecule has 0 bridgehead atoms. The quantitative estimate of drug-likeness (QED) is 0.543. The molecule has 1 aliphatic rings. The summed E-state index contributed by atoms with van der Waals surface area (Å²) in [6.07, 6.45) is 0. The van der Waals surface area contributed by atoms with Crippen LogP contribution in [-0.2, 0) is 0 Å². The highest BCUT2D eigenvalue weighted by molar-refractivity contribution is 6.21. The standard InChI is InChI=1S/C11H11NO4/c1-11(15,16)6-12-9(13)7-4-2-3-5-8(7)10(12)14/h2-5,15-16H,6H2,1H3. The lowest BCUT2D eigenvalue weighted by Crippen LogP contribution is -2.43. The first-order valence-corrected chi connectivity index (χ1v) is 4.80. The summed E-state index contributed by atoms with van der Waals surface area (Å²) in [6.45, 7) is 0.690. The zero-order valence-corrected chi connectivity index (χ0v) is 8.67. The number of β-amino-alcohol motifs (C(OH)–C–C–N with tert-alkyl or cyclic N) is 2. The Labute approximate surface area is 91.9 Å². The zero-order valence-electron chi connectivity index (χ0n) is 8.67. The monoisotopic (exact) mass is 221 g/mol. The Morgan fingerprint density at radius 3 is 1.94 bits per heavy atom. The number of amides is 2. The highest BCUT2D eigenvalue weighted by Crippen LogP contribution is 2.23. The van der Waals surface area contributed by atoms with Crippen molar-refractivity contribution in [2.24, 2.45) is 0 Å². The average molecular weight is 221 g/mol.